The summed E-state index contributed by atoms with van der Waals surface area (Å²) >= 11 is 0. The molecule has 1 aromatic carbocycles. The van der Waals surface area contributed by atoms with Crippen molar-refractivity contribution in [2.45, 2.75) is 40.7 Å². The molecule has 0 atom stereocenters. The van der Waals surface area contributed by atoms with E-state index in [1.54, 1.807) is 0 Å². The highest BCUT2D eigenvalue weighted by molar-refractivity contribution is 5.66. The number of aryl methyl sites for hydroxylation is 1. The highest BCUT2D eigenvalue weighted by atomic mass is 15.2. The third-order valence-corrected chi connectivity index (χ3v) is 3.44. The van der Waals surface area contributed by atoms with Crippen LogP contribution in [0, 0.1) is 20.8 Å². The average molecular weight is 255 g/mol. The quantitative estimate of drug-likeness (QED) is 0.904. The molecule has 2 aromatic rings. The monoisotopic (exact) mass is 255 g/mol. The molecule has 0 aliphatic carbocycles. The molecule has 1 aromatic heterocycles. The molecule has 0 saturated heterocycles. The van der Waals surface area contributed by atoms with Crippen LogP contribution in [-0.2, 0) is 0 Å². The molecular formula is C16H21N3. The molecule has 0 aliphatic rings. The number of anilines is 1. The van der Waals surface area contributed by atoms with E-state index < -0.39 is 0 Å². The van der Waals surface area contributed by atoms with Crippen molar-refractivity contribution in [2.75, 3.05) is 5.32 Å². The number of aromatic nitrogens is 2. The van der Waals surface area contributed by atoms with Gasteiger partial charge in [-0.3, -0.25) is 0 Å². The number of hydrogen-bond acceptors (Lipinski definition) is 3. The minimum Gasteiger partial charge on any atom is -0.366 e. The van der Waals surface area contributed by atoms with Crippen LogP contribution < -0.4 is 5.32 Å². The zero-order valence-corrected chi connectivity index (χ0v) is 12.3. The predicted octanol–water partition coefficient (Wildman–Crippen LogP) is 3.89. The van der Waals surface area contributed by atoms with Gasteiger partial charge in [0.15, 0.2) is 0 Å². The fraction of sp³-hybridized carbons (Fsp3) is 0.375. The van der Waals surface area contributed by atoms with Crippen molar-refractivity contribution in [1.82, 2.24) is 10.2 Å². The SMILES string of the molecule is Cc1ccc(-c2ccc(NC(C)C)nn2)c(C)c1C. The van der Waals surface area contributed by atoms with Crippen LogP contribution in [0.25, 0.3) is 11.3 Å². The Balaban J connectivity index is 2.35. The molecule has 2 rings (SSSR count). The van der Waals surface area contributed by atoms with Crippen molar-refractivity contribution < 1.29 is 0 Å². The molecule has 0 radical (unpaired) electrons. The zero-order chi connectivity index (χ0) is 14.0. The van der Waals surface area contributed by atoms with E-state index in [2.05, 4.69) is 62.3 Å². The molecule has 1 N–H and O–H groups in total. The first-order chi connectivity index (χ1) is 8.99. The highest BCUT2D eigenvalue weighted by Gasteiger charge is 2.08. The van der Waals surface area contributed by atoms with Crippen molar-refractivity contribution in [1.29, 1.82) is 0 Å². The molecule has 0 saturated carbocycles. The van der Waals surface area contributed by atoms with Gasteiger partial charge in [0.05, 0.1) is 5.69 Å². The number of nitrogens with zero attached hydrogens (tertiary/aromatic N) is 2. The van der Waals surface area contributed by atoms with Crippen molar-refractivity contribution in [3.63, 3.8) is 0 Å². The van der Waals surface area contributed by atoms with Gasteiger partial charge >= 0.3 is 0 Å². The molecule has 0 spiro atoms. The van der Waals surface area contributed by atoms with Crippen molar-refractivity contribution >= 4 is 5.82 Å². The van der Waals surface area contributed by atoms with E-state index >= 15 is 0 Å². The minimum absolute atomic E-state index is 0.364. The first-order valence-electron chi connectivity index (χ1n) is 6.66. The van der Waals surface area contributed by atoms with Gasteiger partial charge in [-0.05, 0) is 63.4 Å². The molecule has 1 heterocycles. The Kier molecular flexibility index (Phi) is 3.84. The van der Waals surface area contributed by atoms with Crippen molar-refractivity contribution in [2.24, 2.45) is 0 Å². The van der Waals surface area contributed by atoms with Gasteiger partial charge in [0.1, 0.15) is 5.82 Å². The number of nitrogens with one attached hydrogen (secondary N) is 1. The largest absolute Gasteiger partial charge is 0.366 e. The fourth-order valence-electron chi connectivity index (χ4n) is 2.08. The number of hydrogen-bond donors (Lipinski definition) is 1. The van der Waals surface area contributed by atoms with Gasteiger partial charge in [0.25, 0.3) is 0 Å². The van der Waals surface area contributed by atoms with Gasteiger partial charge in [-0.1, -0.05) is 12.1 Å². The van der Waals surface area contributed by atoms with E-state index in [1.165, 1.54) is 16.7 Å². The normalized spacial score (nSPS) is 10.8. The Hall–Kier alpha value is -1.90. The van der Waals surface area contributed by atoms with Gasteiger partial charge in [0, 0.05) is 11.6 Å². The summed E-state index contributed by atoms with van der Waals surface area (Å²) < 4.78 is 0. The summed E-state index contributed by atoms with van der Waals surface area (Å²) in [4.78, 5) is 0. The summed E-state index contributed by atoms with van der Waals surface area (Å²) in [7, 11) is 0. The second kappa shape index (κ2) is 5.39. The van der Waals surface area contributed by atoms with Crippen molar-refractivity contribution in [3.05, 3.63) is 41.0 Å². The Morgan fingerprint density at radius 1 is 0.895 bits per heavy atom. The van der Waals surface area contributed by atoms with E-state index in [9.17, 15) is 0 Å². The summed E-state index contributed by atoms with van der Waals surface area (Å²) in [5.41, 5.74) is 6.00. The van der Waals surface area contributed by atoms with E-state index in [0.717, 1.165) is 17.1 Å². The van der Waals surface area contributed by atoms with Gasteiger partial charge in [-0.15, -0.1) is 10.2 Å². The van der Waals surface area contributed by atoms with Crippen LogP contribution in [0.5, 0.6) is 0 Å². The molecule has 100 valence electrons. The first kappa shape index (κ1) is 13.5. The maximum Gasteiger partial charge on any atom is 0.148 e. The van der Waals surface area contributed by atoms with Crippen molar-refractivity contribution in [3.8, 4) is 11.3 Å². The fourth-order valence-corrected chi connectivity index (χ4v) is 2.08. The third kappa shape index (κ3) is 2.92. The smallest absolute Gasteiger partial charge is 0.148 e. The minimum atomic E-state index is 0.364. The lowest BCUT2D eigenvalue weighted by Crippen LogP contribution is -2.11. The third-order valence-electron chi connectivity index (χ3n) is 3.44. The zero-order valence-electron chi connectivity index (χ0n) is 12.3. The molecule has 3 nitrogen and oxygen atoms in total. The van der Waals surface area contributed by atoms with Crippen LogP contribution in [0.2, 0.25) is 0 Å². The molecule has 0 bridgehead atoms. The molecule has 3 heteroatoms. The maximum atomic E-state index is 4.32. The van der Waals surface area contributed by atoms with Gasteiger partial charge in [-0.25, -0.2) is 0 Å². The topological polar surface area (TPSA) is 37.8 Å². The highest BCUT2D eigenvalue weighted by Crippen LogP contribution is 2.25. The van der Waals surface area contributed by atoms with Crippen LogP contribution in [0.4, 0.5) is 5.82 Å². The lowest BCUT2D eigenvalue weighted by Gasteiger charge is -2.12. The van der Waals surface area contributed by atoms with E-state index in [4.69, 9.17) is 0 Å². The maximum absolute atomic E-state index is 4.32. The van der Waals surface area contributed by atoms with E-state index in [-0.39, 0.29) is 0 Å². The van der Waals surface area contributed by atoms with Crippen LogP contribution >= 0.6 is 0 Å². The Bertz CT molecular complexity index is 571. The molecule has 0 fully saturated rings. The molecular weight excluding hydrogens is 234 g/mol. The van der Waals surface area contributed by atoms with Crippen LogP contribution in [0.3, 0.4) is 0 Å². The Morgan fingerprint density at radius 3 is 2.21 bits per heavy atom. The second-order valence-corrected chi connectivity index (χ2v) is 5.28. The molecule has 19 heavy (non-hydrogen) atoms. The molecule has 0 unspecified atom stereocenters. The Labute approximate surface area is 115 Å². The van der Waals surface area contributed by atoms with E-state index in [0.29, 0.717) is 6.04 Å². The first-order valence-corrected chi connectivity index (χ1v) is 6.66. The van der Waals surface area contributed by atoms with Crippen LogP contribution in [0.15, 0.2) is 24.3 Å². The lowest BCUT2D eigenvalue weighted by molar-refractivity contribution is 0.874. The summed E-state index contributed by atoms with van der Waals surface area (Å²) in [6.45, 7) is 10.6. The van der Waals surface area contributed by atoms with Gasteiger partial charge in [-0.2, -0.15) is 0 Å². The van der Waals surface area contributed by atoms with Gasteiger partial charge < -0.3 is 5.32 Å². The number of rotatable bonds is 3. The van der Waals surface area contributed by atoms with Crippen LogP contribution in [0.1, 0.15) is 30.5 Å². The van der Waals surface area contributed by atoms with Crippen LogP contribution in [-0.4, -0.2) is 16.2 Å². The molecule has 0 aliphatic heterocycles. The summed E-state index contributed by atoms with van der Waals surface area (Å²) in [5, 5.41) is 11.8. The summed E-state index contributed by atoms with van der Waals surface area (Å²) in [6, 6.07) is 8.63. The average Bonchev–Trinajstić information content (AvgIpc) is 2.37. The molecule has 0 amide bonds. The number of benzene rings is 1. The Morgan fingerprint density at radius 2 is 1.63 bits per heavy atom. The second-order valence-electron chi connectivity index (χ2n) is 5.28. The summed E-state index contributed by atoms with van der Waals surface area (Å²) in [5.74, 6) is 0.820. The van der Waals surface area contributed by atoms with Gasteiger partial charge in [0.2, 0.25) is 0 Å². The lowest BCUT2D eigenvalue weighted by atomic mass is 9.97. The standard InChI is InChI=1S/C16H21N3/c1-10(2)17-16-9-8-15(18-19-16)14-7-6-11(3)12(4)13(14)5/h6-10H,1-5H3,(H,17,19). The summed E-state index contributed by atoms with van der Waals surface area (Å²) in [6.07, 6.45) is 0. The van der Waals surface area contributed by atoms with E-state index in [1.807, 2.05) is 12.1 Å². The predicted molar refractivity (Wildman–Crippen MR) is 80.4 cm³/mol.